The van der Waals surface area contributed by atoms with Crippen molar-refractivity contribution >= 4 is 24.0 Å². The second-order valence-corrected chi connectivity index (χ2v) is 11.7. The minimum atomic E-state index is -1.30. The molecule has 14 nitrogen and oxygen atoms in total. The summed E-state index contributed by atoms with van der Waals surface area (Å²) < 4.78 is 32.2. The maximum Gasteiger partial charge on any atom is 0.410 e. The Morgan fingerprint density at radius 1 is 0.729 bits per heavy atom. The van der Waals surface area contributed by atoms with Crippen LogP contribution in [0.1, 0.15) is 44.2 Å². The summed E-state index contributed by atoms with van der Waals surface area (Å²) in [6.45, 7) is 6.82. The first-order valence-corrected chi connectivity index (χ1v) is 15.8. The van der Waals surface area contributed by atoms with E-state index in [9.17, 15) is 24.3 Å². The molecule has 0 aliphatic heterocycles. The molecule has 1 aliphatic rings. The van der Waals surface area contributed by atoms with Crippen molar-refractivity contribution in [1.29, 1.82) is 0 Å². The molecular weight excluding hydrogens is 628 g/mol. The lowest BCUT2D eigenvalue weighted by molar-refractivity contribution is -0.156. The van der Waals surface area contributed by atoms with Gasteiger partial charge in [0.05, 0.1) is 65.8 Å². The van der Waals surface area contributed by atoms with Crippen LogP contribution in [0.15, 0.2) is 48.5 Å². The van der Waals surface area contributed by atoms with Gasteiger partial charge in [-0.15, -0.1) is 0 Å². The fourth-order valence-electron chi connectivity index (χ4n) is 4.78. The van der Waals surface area contributed by atoms with Crippen LogP contribution in [-0.2, 0) is 47.6 Å². The molecule has 1 aliphatic carbocycles. The SMILES string of the molecule is CC(C)(C)OC(=O)CCOCCOCCOCCOCCNOC(=O)CN(CC(=O)O)C(=O)OCC1c2ccccc2-c2ccccc21. The molecule has 48 heavy (non-hydrogen) atoms. The Morgan fingerprint density at radius 3 is 1.79 bits per heavy atom. The largest absolute Gasteiger partial charge is 0.480 e. The summed E-state index contributed by atoms with van der Waals surface area (Å²) >= 11 is 0. The first-order chi connectivity index (χ1) is 23.0. The van der Waals surface area contributed by atoms with E-state index >= 15 is 0 Å². The second-order valence-electron chi connectivity index (χ2n) is 11.7. The molecule has 0 aromatic heterocycles. The number of hydrogen-bond acceptors (Lipinski definition) is 12. The van der Waals surface area contributed by atoms with Gasteiger partial charge in [0, 0.05) is 5.92 Å². The molecule has 0 saturated carbocycles. The average Bonchev–Trinajstić information content (AvgIpc) is 3.35. The molecule has 14 heteroatoms. The number of carbonyl (C=O) groups excluding carboxylic acids is 3. The maximum absolute atomic E-state index is 12.8. The van der Waals surface area contributed by atoms with E-state index in [0.717, 1.165) is 27.2 Å². The predicted octanol–water partition coefficient (Wildman–Crippen LogP) is 3.17. The highest BCUT2D eigenvalue weighted by Crippen LogP contribution is 2.44. The average molecular weight is 675 g/mol. The Hall–Kier alpha value is -4.08. The molecule has 0 bridgehead atoms. The first kappa shape index (κ1) is 38.4. The van der Waals surface area contributed by atoms with Crippen LogP contribution in [0.3, 0.4) is 0 Å². The highest BCUT2D eigenvalue weighted by atomic mass is 16.7. The van der Waals surface area contributed by atoms with Crippen molar-refractivity contribution in [2.24, 2.45) is 0 Å². The topological polar surface area (TPSA) is 168 Å². The third kappa shape index (κ3) is 14.0. The zero-order chi connectivity index (χ0) is 34.8. The lowest BCUT2D eigenvalue weighted by Gasteiger charge is -2.21. The number of esters is 1. The molecule has 0 spiro atoms. The number of hydroxylamine groups is 1. The number of nitrogens with one attached hydrogen (secondary N) is 1. The summed E-state index contributed by atoms with van der Waals surface area (Å²) in [7, 11) is 0. The highest BCUT2D eigenvalue weighted by molar-refractivity contribution is 5.82. The van der Waals surface area contributed by atoms with Gasteiger partial charge in [0.1, 0.15) is 25.3 Å². The quantitative estimate of drug-likeness (QED) is 0.0810. The Balaban J connectivity index is 1.21. The summed E-state index contributed by atoms with van der Waals surface area (Å²) in [4.78, 5) is 53.8. The molecular formula is C34H46N2O12. The van der Waals surface area contributed by atoms with Crippen molar-refractivity contribution in [3.8, 4) is 11.1 Å². The molecule has 0 unspecified atom stereocenters. The minimum absolute atomic E-state index is 0.0158. The third-order valence-corrected chi connectivity index (χ3v) is 6.76. The zero-order valence-corrected chi connectivity index (χ0v) is 27.8. The second kappa shape index (κ2) is 20.3. The van der Waals surface area contributed by atoms with Gasteiger partial charge in [-0.3, -0.25) is 14.5 Å². The molecule has 3 rings (SSSR count). The molecule has 1 amide bonds. The molecule has 264 valence electrons. The number of carboxylic acid groups (broad SMARTS) is 1. The number of fused-ring (bicyclic) bond motifs is 3. The number of aliphatic carboxylic acids is 1. The van der Waals surface area contributed by atoms with Gasteiger partial charge >= 0.3 is 24.0 Å². The predicted molar refractivity (Wildman–Crippen MR) is 172 cm³/mol. The summed E-state index contributed by atoms with van der Waals surface area (Å²) in [6, 6.07) is 15.7. The molecule has 0 fully saturated rings. The molecule has 2 aromatic rings. The standard InChI is InChI=1S/C34H46N2O12/c1-34(2,3)47-31(39)12-14-42-16-18-44-20-21-45-19-17-43-15-13-35-48-32(40)23-36(22-30(37)38)33(41)46-24-29-27-10-6-4-8-25(27)26-9-5-7-11-28(26)29/h4-11,29,35H,12-24H2,1-3H3,(H,37,38). The zero-order valence-electron chi connectivity index (χ0n) is 27.8. The first-order valence-electron chi connectivity index (χ1n) is 15.8. The van der Waals surface area contributed by atoms with Gasteiger partial charge in [-0.2, -0.15) is 5.48 Å². The normalized spacial score (nSPS) is 12.2. The van der Waals surface area contributed by atoms with Gasteiger partial charge in [0.25, 0.3) is 0 Å². The van der Waals surface area contributed by atoms with E-state index in [1.165, 1.54) is 0 Å². The van der Waals surface area contributed by atoms with Crippen LogP contribution < -0.4 is 5.48 Å². The molecule has 0 radical (unpaired) electrons. The Bertz CT molecular complexity index is 1280. The molecule has 2 aromatic carbocycles. The Morgan fingerprint density at radius 2 is 1.25 bits per heavy atom. The number of rotatable bonds is 22. The fourth-order valence-corrected chi connectivity index (χ4v) is 4.78. The van der Waals surface area contributed by atoms with Crippen LogP contribution in [0.4, 0.5) is 4.79 Å². The van der Waals surface area contributed by atoms with Gasteiger partial charge in [0.2, 0.25) is 0 Å². The fraction of sp³-hybridized carbons (Fsp3) is 0.529. The van der Waals surface area contributed by atoms with Crippen LogP contribution in [0.2, 0.25) is 0 Å². The maximum atomic E-state index is 12.8. The summed E-state index contributed by atoms with van der Waals surface area (Å²) in [5.41, 5.74) is 6.06. The number of benzene rings is 2. The number of ether oxygens (including phenoxy) is 6. The number of nitrogens with zero attached hydrogens (tertiary/aromatic N) is 1. The number of carboxylic acids is 1. The van der Waals surface area contributed by atoms with Crippen LogP contribution in [-0.4, -0.2) is 119 Å². The Labute approximate surface area is 280 Å². The lowest BCUT2D eigenvalue weighted by atomic mass is 9.98. The monoisotopic (exact) mass is 674 g/mol. The van der Waals surface area contributed by atoms with Gasteiger partial charge in [-0.05, 0) is 43.0 Å². The van der Waals surface area contributed by atoms with E-state index in [2.05, 4.69) is 5.48 Å². The summed E-state index contributed by atoms with van der Waals surface area (Å²) in [6.07, 6.45) is -0.749. The third-order valence-electron chi connectivity index (χ3n) is 6.76. The molecule has 0 atom stereocenters. The van der Waals surface area contributed by atoms with Gasteiger partial charge in [-0.25, -0.2) is 9.59 Å². The Kier molecular flexibility index (Phi) is 16.2. The van der Waals surface area contributed by atoms with Gasteiger partial charge in [-0.1, -0.05) is 48.5 Å². The molecule has 2 N–H and O–H groups in total. The lowest BCUT2D eigenvalue weighted by Crippen LogP contribution is -2.42. The highest BCUT2D eigenvalue weighted by Gasteiger charge is 2.30. The van der Waals surface area contributed by atoms with Crippen molar-refractivity contribution in [1.82, 2.24) is 10.4 Å². The number of hydrogen-bond donors (Lipinski definition) is 2. The van der Waals surface area contributed by atoms with Crippen LogP contribution in [0, 0.1) is 0 Å². The van der Waals surface area contributed by atoms with E-state index in [4.69, 9.17) is 33.3 Å². The number of carbonyl (C=O) groups is 4. The van der Waals surface area contributed by atoms with E-state index in [-0.39, 0.29) is 44.7 Å². The van der Waals surface area contributed by atoms with Gasteiger partial charge in [0.15, 0.2) is 0 Å². The van der Waals surface area contributed by atoms with Crippen LogP contribution in [0.5, 0.6) is 0 Å². The van der Waals surface area contributed by atoms with Crippen molar-refractivity contribution in [3.05, 3.63) is 59.7 Å². The summed E-state index contributed by atoms with van der Waals surface area (Å²) in [5, 5.41) is 9.28. The van der Waals surface area contributed by atoms with Gasteiger partial charge < -0.3 is 38.4 Å². The van der Waals surface area contributed by atoms with Crippen molar-refractivity contribution < 1.29 is 57.5 Å². The van der Waals surface area contributed by atoms with E-state index in [1.54, 1.807) is 0 Å². The number of amides is 1. The molecule has 0 heterocycles. The molecule has 0 saturated heterocycles. The van der Waals surface area contributed by atoms with E-state index in [1.807, 2.05) is 69.3 Å². The van der Waals surface area contributed by atoms with Crippen molar-refractivity contribution in [3.63, 3.8) is 0 Å². The van der Waals surface area contributed by atoms with Crippen molar-refractivity contribution in [2.45, 2.75) is 38.7 Å². The van der Waals surface area contributed by atoms with Crippen LogP contribution >= 0.6 is 0 Å². The van der Waals surface area contributed by atoms with E-state index < -0.39 is 36.7 Å². The smallest absolute Gasteiger partial charge is 0.410 e. The van der Waals surface area contributed by atoms with E-state index in [0.29, 0.717) is 39.6 Å². The van der Waals surface area contributed by atoms with Crippen LogP contribution in [0.25, 0.3) is 11.1 Å². The minimum Gasteiger partial charge on any atom is -0.480 e. The summed E-state index contributed by atoms with van der Waals surface area (Å²) in [5.74, 6) is -2.67. The van der Waals surface area contributed by atoms with Crippen molar-refractivity contribution in [2.75, 3.05) is 79.1 Å².